The third-order valence-corrected chi connectivity index (χ3v) is 5.39. The van der Waals surface area contributed by atoms with E-state index in [4.69, 9.17) is 0 Å². The Kier molecular flexibility index (Phi) is 5.23. The number of aryl methyl sites for hydroxylation is 1. The van der Waals surface area contributed by atoms with E-state index in [0.29, 0.717) is 11.1 Å². The molecule has 0 saturated carbocycles. The van der Waals surface area contributed by atoms with Crippen molar-refractivity contribution in [1.82, 2.24) is 10.7 Å². The summed E-state index contributed by atoms with van der Waals surface area (Å²) in [7, 11) is 0. The highest BCUT2D eigenvalue weighted by atomic mass is 16.3. The first kappa shape index (κ1) is 20.6. The molecule has 2 amide bonds. The number of aromatic hydroxyl groups is 1. The molecule has 0 aliphatic carbocycles. The second-order valence-corrected chi connectivity index (χ2v) is 8.87. The van der Waals surface area contributed by atoms with Gasteiger partial charge in [0.25, 0.3) is 0 Å². The molecule has 1 aliphatic heterocycles. The van der Waals surface area contributed by atoms with Crippen molar-refractivity contribution in [2.45, 2.75) is 33.9 Å². The van der Waals surface area contributed by atoms with Gasteiger partial charge in [-0.3, -0.25) is 10.4 Å². The zero-order chi connectivity index (χ0) is 22.2. The van der Waals surface area contributed by atoms with Crippen LogP contribution in [0.2, 0.25) is 0 Å². The van der Waals surface area contributed by atoms with E-state index in [1.807, 2.05) is 66.5 Å². The van der Waals surface area contributed by atoms with Crippen LogP contribution in [0, 0.1) is 12.3 Å². The van der Waals surface area contributed by atoms with Crippen LogP contribution >= 0.6 is 0 Å². The number of hydrogen-bond donors (Lipinski definition) is 4. The number of hydrazine groups is 1. The van der Waals surface area contributed by atoms with Gasteiger partial charge in [0, 0.05) is 21.9 Å². The summed E-state index contributed by atoms with van der Waals surface area (Å²) in [6.45, 7) is 8.43. The number of nitrogens with zero attached hydrogens (tertiary/aromatic N) is 1. The Labute approximate surface area is 182 Å². The Bertz CT molecular complexity index is 1150. The fourth-order valence-electron chi connectivity index (χ4n) is 3.61. The maximum atomic E-state index is 12.9. The van der Waals surface area contributed by atoms with Crippen molar-refractivity contribution in [3.8, 4) is 5.75 Å². The smallest absolute Gasteiger partial charge is 0.321 e. The van der Waals surface area contributed by atoms with E-state index in [2.05, 4.69) is 36.8 Å². The number of nitrogens with one attached hydrogen (secondary N) is 3. The molecule has 0 fully saturated rings. The van der Waals surface area contributed by atoms with Gasteiger partial charge in [0.15, 0.2) is 0 Å². The van der Waals surface area contributed by atoms with Crippen molar-refractivity contribution in [3.05, 3.63) is 78.0 Å². The molecule has 0 radical (unpaired) electrons. The van der Waals surface area contributed by atoms with E-state index in [0.717, 1.165) is 16.8 Å². The first-order valence-electron chi connectivity index (χ1n) is 10.4. The van der Waals surface area contributed by atoms with Crippen LogP contribution < -0.4 is 21.1 Å². The number of phenolic OH excluding ortho intramolecular Hbond substituents is 1. The molecule has 4 N–H and O–H groups in total. The standard InChI is InChI=1S/C25H28N4O2/c1-16-9-11-17(12-10-16)29-23(15-22(28-29)25(2,3)4)27-24(31)26-20-13-14-21(30)19-8-6-5-7-18(19)20/h5-15,23,28,30H,1-4H3,(H2,26,27,31). The van der Waals surface area contributed by atoms with Crippen molar-refractivity contribution in [1.29, 1.82) is 0 Å². The molecular formula is C25H28N4O2. The maximum absolute atomic E-state index is 12.9. The van der Waals surface area contributed by atoms with E-state index < -0.39 is 0 Å². The number of carbonyl (C=O) groups excluding carboxylic acids is 1. The van der Waals surface area contributed by atoms with E-state index in [9.17, 15) is 9.90 Å². The second-order valence-electron chi connectivity index (χ2n) is 8.87. The SMILES string of the molecule is Cc1ccc(N2NC(C(C)(C)C)=CC2NC(=O)Nc2ccc(O)c3ccccc23)cc1. The molecule has 6 nitrogen and oxygen atoms in total. The predicted octanol–water partition coefficient (Wildman–Crippen LogP) is 5.26. The van der Waals surface area contributed by atoms with Crippen LogP contribution in [0.3, 0.4) is 0 Å². The first-order chi connectivity index (χ1) is 14.7. The van der Waals surface area contributed by atoms with Gasteiger partial charge < -0.3 is 15.7 Å². The number of rotatable bonds is 3. The van der Waals surface area contributed by atoms with Gasteiger partial charge in [-0.25, -0.2) is 4.79 Å². The molecule has 3 aromatic carbocycles. The van der Waals surface area contributed by atoms with Crippen LogP contribution in [0.4, 0.5) is 16.2 Å². The lowest BCUT2D eigenvalue weighted by Gasteiger charge is -2.30. The van der Waals surface area contributed by atoms with Crippen LogP contribution in [0.5, 0.6) is 5.75 Å². The van der Waals surface area contributed by atoms with Crippen molar-refractivity contribution in [2.75, 3.05) is 10.3 Å². The van der Waals surface area contributed by atoms with Gasteiger partial charge in [-0.2, -0.15) is 0 Å². The van der Waals surface area contributed by atoms with Gasteiger partial charge in [-0.15, -0.1) is 0 Å². The number of amides is 2. The van der Waals surface area contributed by atoms with E-state index in [-0.39, 0.29) is 23.4 Å². The van der Waals surface area contributed by atoms with Gasteiger partial charge in [0.05, 0.1) is 11.4 Å². The van der Waals surface area contributed by atoms with Crippen molar-refractivity contribution in [2.24, 2.45) is 5.41 Å². The molecule has 0 bridgehead atoms. The van der Waals surface area contributed by atoms with Crippen LogP contribution in [0.15, 0.2) is 72.4 Å². The zero-order valence-electron chi connectivity index (χ0n) is 18.2. The van der Waals surface area contributed by atoms with E-state index in [1.165, 1.54) is 5.56 Å². The number of carbonyl (C=O) groups is 1. The van der Waals surface area contributed by atoms with Crippen LogP contribution in [0.1, 0.15) is 26.3 Å². The highest BCUT2D eigenvalue weighted by molar-refractivity contribution is 6.03. The Morgan fingerprint density at radius 2 is 1.68 bits per heavy atom. The van der Waals surface area contributed by atoms with Gasteiger partial charge >= 0.3 is 6.03 Å². The summed E-state index contributed by atoms with van der Waals surface area (Å²) in [6.07, 6.45) is 1.68. The maximum Gasteiger partial charge on any atom is 0.321 e. The highest BCUT2D eigenvalue weighted by Crippen LogP contribution is 2.32. The number of phenols is 1. The quantitative estimate of drug-likeness (QED) is 0.440. The molecule has 3 aromatic rings. The summed E-state index contributed by atoms with van der Waals surface area (Å²) in [4.78, 5) is 12.9. The van der Waals surface area contributed by atoms with E-state index in [1.54, 1.807) is 12.1 Å². The molecule has 4 rings (SSSR count). The third-order valence-electron chi connectivity index (χ3n) is 5.39. The van der Waals surface area contributed by atoms with Crippen LogP contribution in [0.25, 0.3) is 10.8 Å². The fourth-order valence-corrected chi connectivity index (χ4v) is 3.61. The molecule has 1 heterocycles. The summed E-state index contributed by atoms with van der Waals surface area (Å²) in [5, 5.41) is 19.5. The zero-order valence-corrected chi connectivity index (χ0v) is 18.2. The Hall–Kier alpha value is -3.67. The monoisotopic (exact) mass is 416 g/mol. The fraction of sp³-hybridized carbons (Fsp3) is 0.240. The summed E-state index contributed by atoms with van der Waals surface area (Å²) in [6, 6.07) is 18.6. The molecule has 6 heteroatoms. The van der Waals surface area contributed by atoms with Crippen molar-refractivity contribution >= 4 is 28.2 Å². The number of fused-ring (bicyclic) bond motifs is 1. The molecular weight excluding hydrogens is 388 g/mol. The summed E-state index contributed by atoms with van der Waals surface area (Å²) < 4.78 is 0. The second kappa shape index (κ2) is 7.87. The average Bonchev–Trinajstić information content (AvgIpc) is 3.15. The first-order valence-corrected chi connectivity index (χ1v) is 10.4. The topological polar surface area (TPSA) is 76.6 Å². The number of urea groups is 1. The van der Waals surface area contributed by atoms with Crippen molar-refractivity contribution < 1.29 is 9.90 Å². The molecule has 31 heavy (non-hydrogen) atoms. The minimum Gasteiger partial charge on any atom is -0.507 e. The Morgan fingerprint density at radius 3 is 2.35 bits per heavy atom. The highest BCUT2D eigenvalue weighted by Gasteiger charge is 2.31. The summed E-state index contributed by atoms with van der Waals surface area (Å²) in [5.41, 5.74) is 7.16. The van der Waals surface area contributed by atoms with Crippen molar-refractivity contribution in [3.63, 3.8) is 0 Å². The largest absolute Gasteiger partial charge is 0.507 e. The lowest BCUT2D eigenvalue weighted by molar-refractivity contribution is 0.250. The predicted molar refractivity (Wildman–Crippen MR) is 126 cm³/mol. The summed E-state index contributed by atoms with van der Waals surface area (Å²) in [5.74, 6) is 0.185. The van der Waals surface area contributed by atoms with Gasteiger partial charge in [-0.05, 0) is 37.3 Å². The molecule has 1 unspecified atom stereocenters. The molecule has 0 spiro atoms. The average molecular weight is 417 g/mol. The molecule has 1 atom stereocenters. The van der Waals surface area contributed by atoms with Gasteiger partial charge in [-0.1, -0.05) is 62.7 Å². The Balaban J connectivity index is 1.58. The lowest BCUT2D eigenvalue weighted by atomic mass is 9.92. The normalized spacial score (nSPS) is 16.1. The minimum atomic E-state index is -0.361. The third kappa shape index (κ3) is 4.28. The van der Waals surface area contributed by atoms with Crippen LogP contribution in [-0.4, -0.2) is 17.3 Å². The number of anilines is 2. The molecule has 0 aromatic heterocycles. The minimum absolute atomic E-state index is 0.0942. The molecule has 160 valence electrons. The van der Waals surface area contributed by atoms with E-state index >= 15 is 0 Å². The number of hydrogen-bond acceptors (Lipinski definition) is 4. The van der Waals surface area contributed by atoms with Gasteiger partial charge in [0.2, 0.25) is 0 Å². The lowest BCUT2D eigenvalue weighted by Crippen LogP contribution is -2.50. The number of benzene rings is 3. The molecule has 1 aliphatic rings. The van der Waals surface area contributed by atoms with Gasteiger partial charge in [0.1, 0.15) is 11.9 Å². The molecule has 0 saturated heterocycles. The Morgan fingerprint density at radius 1 is 1.00 bits per heavy atom. The summed E-state index contributed by atoms with van der Waals surface area (Å²) >= 11 is 0. The van der Waals surface area contributed by atoms with Crippen LogP contribution in [-0.2, 0) is 0 Å². The number of allylic oxidation sites excluding steroid dienone is 1.